The Morgan fingerprint density at radius 3 is 2.35 bits per heavy atom. The van der Waals surface area contributed by atoms with Crippen molar-refractivity contribution in [3.63, 3.8) is 0 Å². The minimum atomic E-state index is -0.603. The molecule has 1 atom stereocenters. The van der Waals surface area contributed by atoms with E-state index in [2.05, 4.69) is 26.8 Å². The zero-order valence-electron chi connectivity index (χ0n) is 11.2. The van der Waals surface area contributed by atoms with Crippen LogP contribution < -0.4 is 10.5 Å². The van der Waals surface area contributed by atoms with Gasteiger partial charge in [-0.05, 0) is 36.5 Å². The molecule has 17 heavy (non-hydrogen) atoms. The first-order valence-electron chi connectivity index (χ1n) is 5.79. The zero-order valence-corrected chi connectivity index (χ0v) is 11.2. The third kappa shape index (κ3) is 3.48. The molecule has 0 saturated heterocycles. The molecule has 0 aliphatic carbocycles. The lowest BCUT2D eigenvalue weighted by Gasteiger charge is -2.21. The van der Waals surface area contributed by atoms with Gasteiger partial charge in [-0.3, -0.25) is 4.79 Å². The molecule has 0 fully saturated rings. The number of amides is 1. The summed E-state index contributed by atoms with van der Waals surface area (Å²) in [5, 5.41) is 0. The zero-order chi connectivity index (χ0) is 13.2. The highest BCUT2D eigenvalue weighted by molar-refractivity contribution is 5.78. The average molecular weight is 235 g/mol. The van der Waals surface area contributed by atoms with Crippen molar-refractivity contribution in [2.75, 3.05) is 0 Å². The van der Waals surface area contributed by atoms with Gasteiger partial charge >= 0.3 is 0 Å². The first-order chi connectivity index (χ1) is 7.71. The molecule has 3 nitrogen and oxygen atoms in total. The number of benzene rings is 1. The molecule has 0 bridgehead atoms. The fraction of sp³-hybridized carbons (Fsp3) is 0.500. The van der Waals surface area contributed by atoms with Gasteiger partial charge in [0.1, 0.15) is 5.75 Å². The van der Waals surface area contributed by atoms with E-state index in [1.54, 1.807) is 6.92 Å². The molecular formula is C14H21NO2. The molecule has 0 radical (unpaired) electrons. The molecule has 2 N–H and O–H groups in total. The largest absolute Gasteiger partial charge is 0.481 e. The maximum atomic E-state index is 10.9. The Morgan fingerprint density at radius 2 is 1.94 bits per heavy atom. The lowest BCUT2D eigenvalue weighted by atomic mass is 9.86. The van der Waals surface area contributed by atoms with Gasteiger partial charge in [0, 0.05) is 0 Å². The monoisotopic (exact) mass is 235 g/mol. The second kappa shape index (κ2) is 4.78. The Labute approximate surface area is 103 Å². The van der Waals surface area contributed by atoms with Crippen LogP contribution in [0.4, 0.5) is 0 Å². The van der Waals surface area contributed by atoms with Crippen LogP contribution in [0.2, 0.25) is 0 Å². The Hall–Kier alpha value is -1.51. The van der Waals surface area contributed by atoms with Crippen LogP contribution in [0, 0.1) is 6.92 Å². The van der Waals surface area contributed by atoms with Gasteiger partial charge in [-0.15, -0.1) is 0 Å². The van der Waals surface area contributed by atoms with Crippen molar-refractivity contribution in [3.8, 4) is 5.75 Å². The van der Waals surface area contributed by atoms with E-state index in [1.165, 1.54) is 5.56 Å². The first-order valence-corrected chi connectivity index (χ1v) is 5.79. The van der Waals surface area contributed by atoms with Crippen LogP contribution in [-0.2, 0) is 10.2 Å². The maximum absolute atomic E-state index is 10.9. The molecule has 0 heterocycles. The van der Waals surface area contributed by atoms with E-state index in [9.17, 15) is 4.79 Å². The van der Waals surface area contributed by atoms with Gasteiger partial charge in [0.15, 0.2) is 6.10 Å². The van der Waals surface area contributed by atoms with Crippen LogP contribution in [0.3, 0.4) is 0 Å². The van der Waals surface area contributed by atoms with E-state index >= 15 is 0 Å². The van der Waals surface area contributed by atoms with Crippen LogP contribution in [0.15, 0.2) is 18.2 Å². The summed E-state index contributed by atoms with van der Waals surface area (Å²) in [5.41, 5.74) is 7.54. The number of ether oxygens (including phenoxy) is 1. The summed E-state index contributed by atoms with van der Waals surface area (Å²) < 4.78 is 5.50. The molecule has 1 unspecified atom stereocenters. The number of primary amides is 1. The summed E-state index contributed by atoms with van der Waals surface area (Å²) in [6, 6.07) is 6.01. The highest BCUT2D eigenvalue weighted by Gasteiger charge is 2.16. The van der Waals surface area contributed by atoms with Crippen molar-refractivity contribution in [3.05, 3.63) is 29.3 Å². The normalized spacial score (nSPS) is 13.2. The quantitative estimate of drug-likeness (QED) is 0.875. The summed E-state index contributed by atoms with van der Waals surface area (Å²) in [7, 11) is 0. The molecule has 0 aromatic heterocycles. The Bertz CT molecular complexity index is 419. The number of aryl methyl sites for hydroxylation is 1. The van der Waals surface area contributed by atoms with E-state index in [1.807, 2.05) is 19.1 Å². The molecular weight excluding hydrogens is 214 g/mol. The van der Waals surface area contributed by atoms with Gasteiger partial charge in [0.25, 0.3) is 5.91 Å². The highest BCUT2D eigenvalue weighted by Crippen LogP contribution is 2.27. The van der Waals surface area contributed by atoms with Crippen molar-refractivity contribution < 1.29 is 9.53 Å². The van der Waals surface area contributed by atoms with Gasteiger partial charge in [-0.1, -0.05) is 32.9 Å². The Morgan fingerprint density at radius 1 is 1.35 bits per heavy atom. The molecule has 3 heteroatoms. The fourth-order valence-electron chi connectivity index (χ4n) is 1.50. The number of carbonyl (C=O) groups is 1. The number of nitrogens with two attached hydrogens (primary N) is 1. The number of hydrogen-bond acceptors (Lipinski definition) is 2. The third-order valence-electron chi connectivity index (χ3n) is 2.75. The second-order valence-corrected chi connectivity index (χ2v) is 5.39. The SMILES string of the molecule is Cc1cc(C(C)(C)C)ccc1OC(C)C(N)=O. The summed E-state index contributed by atoms with van der Waals surface area (Å²) in [6.45, 7) is 10.1. The molecule has 0 aliphatic rings. The van der Waals surface area contributed by atoms with E-state index in [-0.39, 0.29) is 5.41 Å². The summed E-state index contributed by atoms with van der Waals surface area (Å²) in [6.07, 6.45) is -0.603. The van der Waals surface area contributed by atoms with Crippen molar-refractivity contribution in [1.29, 1.82) is 0 Å². The highest BCUT2D eigenvalue weighted by atomic mass is 16.5. The maximum Gasteiger partial charge on any atom is 0.258 e. The van der Waals surface area contributed by atoms with E-state index in [0.717, 1.165) is 5.56 Å². The van der Waals surface area contributed by atoms with Gasteiger partial charge in [0.2, 0.25) is 0 Å². The second-order valence-electron chi connectivity index (χ2n) is 5.39. The molecule has 0 saturated carbocycles. The van der Waals surface area contributed by atoms with Gasteiger partial charge in [0.05, 0.1) is 0 Å². The Balaban J connectivity index is 2.95. The molecule has 0 aliphatic heterocycles. The summed E-state index contributed by atoms with van der Waals surface area (Å²) in [5.74, 6) is 0.258. The fourth-order valence-corrected chi connectivity index (χ4v) is 1.50. The number of rotatable bonds is 3. The molecule has 0 spiro atoms. The van der Waals surface area contributed by atoms with Gasteiger partial charge in [-0.25, -0.2) is 0 Å². The minimum Gasteiger partial charge on any atom is -0.481 e. The summed E-state index contributed by atoms with van der Waals surface area (Å²) >= 11 is 0. The summed E-state index contributed by atoms with van der Waals surface area (Å²) in [4.78, 5) is 10.9. The van der Waals surface area contributed by atoms with Gasteiger partial charge in [-0.2, -0.15) is 0 Å². The average Bonchev–Trinajstić information content (AvgIpc) is 2.19. The lowest BCUT2D eigenvalue weighted by molar-refractivity contribution is -0.123. The third-order valence-corrected chi connectivity index (χ3v) is 2.75. The van der Waals surface area contributed by atoms with E-state index in [0.29, 0.717) is 5.75 Å². The van der Waals surface area contributed by atoms with Gasteiger partial charge < -0.3 is 10.5 Å². The molecule has 1 rings (SSSR count). The van der Waals surface area contributed by atoms with Crippen LogP contribution in [0.5, 0.6) is 5.75 Å². The van der Waals surface area contributed by atoms with Crippen molar-refractivity contribution in [2.45, 2.75) is 46.1 Å². The minimum absolute atomic E-state index is 0.110. The number of carbonyl (C=O) groups excluding carboxylic acids is 1. The first kappa shape index (κ1) is 13.6. The van der Waals surface area contributed by atoms with Crippen molar-refractivity contribution in [2.24, 2.45) is 5.73 Å². The smallest absolute Gasteiger partial charge is 0.258 e. The Kier molecular flexibility index (Phi) is 3.81. The molecule has 1 aromatic rings. The van der Waals surface area contributed by atoms with Crippen LogP contribution in [0.25, 0.3) is 0 Å². The molecule has 94 valence electrons. The van der Waals surface area contributed by atoms with Crippen molar-refractivity contribution in [1.82, 2.24) is 0 Å². The lowest BCUT2D eigenvalue weighted by Crippen LogP contribution is -2.30. The predicted octanol–water partition coefficient (Wildman–Crippen LogP) is 2.55. The molecule has 1 amide bonds. The van der Waals surface area contributed by atoms with E-state index in [4.69, 9.17) is 10.5 Å². The van der Waals surface area contributed by atoms with Crippen molar-refractivity contribution >= 4 is 5.91 Å². The standard InChI is InChI=1S/C14H21NO2/c1-9-8-11(14(3,4)5)6-7-12(9)17-10(2)13(15)16/h6-8,10H,1-5H3,(H2,15,16). The van der Waals surface area contributed by atoms with E-state index < -0.39 is 12.0 Å². The topological polar surface area (TPSA) is 52.3 Å². The van der Waals surface area contributed by atoms with Crippen LogP contribution in [0.1, 0.15) is 38.8 Å². The van der Waals surface area contributed by atoms with Crippen LogP contribution in [-0.4, -0.2) is 12.0 Å². The number of hydrogen-bond donors (Lipinski definition) is 1. The van der Waals surface area contributed by atoms with Crippen LogP contribution >= 0.6 is 0 Å². The molecule has 1 aromatic carbocycles. The predicted molar refractivity (Wildman–Crippen MR) is 69.2 cm³/mol.